The molecule has 3 heterocycles. The smallest absolute Gasteiger partial charge is 0.0622 e. The summed E-state index contributed by atoms with van der Waals surface area (Å²) in [5, 5.41) is 1.40. The van der Waals surface area contributed by atoms with Crippen LogP contribution in [0.5, 0.6) is 0 Å². The Hall–Kier alpha value is -0.970. The molecule has 1 aromatic heterocycles. The number of aromatic nitrogens is 1. The number of thioether (sulfide) groups is 1. The van der Waals surface area contributed by atoms with Crippen molar-refractivity contribution >= 4 is 22.7 Å². The molecular weight excluding hydrogens is 292 g/mol. The van der Waals surface area contributed by atoms with Gasteiger partial charge in [0.1, 0.15) is 0 Å². The van der Waals surface area contributed by atoms with Crippen molar-refractivity contribution in [2.24, 2.45) is 0 Å². The molecule has 0 unspecified atom stereocenters. The Kier molecular flexibility index (Phi) is 4.16. The van der Waals surface area contributed by atoms with Gasteiger partial charge in [-0.25, -0.2) is 0 Å². The minimum absolute atomic E-state index is 0.652. The number of ether oxygens (including phenoxy) is 1. The number of hydrogen-bond acceptors (Lipinski definition) is 3. The van der Waals surface area contributed by atoms with Crippen LogP contribution in [0.4, 0.5) is 0 Å². The van der Waals surface area contributed by atoms with Gasteiger partial charge in [-0.1, -0.05) is 0 Å². The van der Waals surface area contributed by atoms with E-state index in [4.69, 9.17) is 4.74 Å². The van der Waals surface area contributed by atoms with Crippen molar-refractivity contribution in [2.45, 2.75) is 42.7 Å². The summed E-state index contributed by atoms with van der Waals surface area (Å²) >= 11 is 1.82. The van der Waals surface area contributed by atoms with Gasteiger partial charge in [0.15, 0.2) is 0 Å². The molecule has 2 saturated heterocycles. The number of fused-ring (bicyclic) bond motifs is 1. The van der Waals surface area contributed by atoms with Gasteiger partial charge in [0.05, 0.1) is 6.61 Å². The molecule has 0 bridgehead atoms. The van der Waals surface area contributed by atoms with E-state index >= 15 is 0 Å². The van der Waals surface area contributed by atoms with Gasteiger partial charge in [0, 0.05) is 40.7 Å². The number of rotatable bonds is 4. The maximum atomic E-state index is 5.60. The van der Waals surface area contributed by atoms with Crippen LogP contribution in [0.3, 0.4) is 0 Å². The fraction of sp³-hybridized carbons (Fsp3) is 0.556. The minimum atomic E-state index is 0.652. The Balaban J connectivity index is 1.57. The second-order valence-corrected chi connectivity index (χ2v) is 7.36. The summed E-state index contributed by atoms with van der Waals surface area (Å²) < 4.78 is 5.60. The van der Waals surface area contributed by atoms with Crippen LogP contribution in [-0.2, 0) is 11.2 Å². The van der Waals surface area contributed by atoms with E-state index in [2.05, 4.69) is 40.5 Å². The SMILES string of the molecule is CSc1ccc2[nH]cc(C[C@H]3CCCN3[C@@H]3CCOC3)c2c1. The average Bonchev–Trinajstić information content (AvgIpc) is 3.27. The van der Waals surface area contributed by atoms with Gasteiger partial charge in [-0.05, 0) is 62.2 Å². The number of nitrogens with zero attached hydrogens (tertiary/aromatic N) is 1. The highest BCUT2D eigenvalue weighted by atomic mass is 32.2. The van der Waals surface area contributed by atoms with Crippen LogP contribution in [0.15, 0.2) is 29.3 Å². The van der Waals surface area contributed by atoms with Gasteiger partial charge < -0.3 is 9.72 Å². The highest BCUT2D eigenvalue weighted by Crippen LogP contribution is 2.30. The topological polar surface area (TPSA) is 28.3 Å². The normalized spacial score (nSPS) is 26.2. The summed E-state index contributed by atoms with van der Waals surface area (Å²) in [7, 11) is 0. The standard InChI is InChI=1S/C18H24N2OS/c1-22-16-4-5-18-17(10-16)13(11-19-18)9-14-3-2-7-20(14)15-6-8-21-12-15/h4-5,10-11,14-15,19H,2-3,6-9,12H2,1H3/t14-,15-/m1/s1. The molecule has 2 aromatic rings. The highest BCUT2D eigenvalue weighted by molar-refractivity contribution is 7.98. The fourth-order valence-corrected chi connectivity index (χ4v) is 4.49. The van der Waals surface area contributed by atoms with E-state index in [1.165, 1.54) is 47.2 Å². The molecule has 118 valence electrons. The van der Waals surface area contributed by atoms with Crippen molar-refractivity contribution in [1.82, 2.24) is 9.88 Å². The zero-order valence-corrected chi connectivity index (χ0v) is 14.0. The molecule has 2 fully saturated rings. The maximum Gasteiger partial charge on any atom is 0.0622 e. The second-order valence-electron chi connectivity index (χ2n) is 6.48. The monoisotopic (exact) mass is 316 g/mol. The molecule has 0 amide bonds. The van der Waals surface area contributed by atoms with Crippen LogP contribution >= 0.6 is 11.8 Å². The number of benzene rings is 1. The van der Waals surface area contributed by atoms with E-state index in [0.29, 0.717) is 12.1 Å². The van der Waals surface area contributed by atoms with Crippen molar-refractivity contribution < 1.29 is 4.74 Å². The summed E-state index contributed by atoms with van der Waals surface area (Å²) in [4.78, 5) is 7.51. The van der Waals surface area contributed by atoms with E-state index in [1.54, 1.807) is 0 Å². The number of H-pyrrole nitrogens is 1. The van der Waals surface area contributed by atoms with Crippen LogP contribution in [-0.4, -0.2) is 48.0 Å². The van der Waals surface area contributed by atoms with Gasteiger partial charge >= 0.3 is 0 Å². The molecule has 22 heavy (non-hydrogen) atoms. The Morgan fingerprint density at radius 1 is 1.36 bits per heavy atom. The predicted molar refractivity (Wildman–Crippen MR) is 92.7 cm³/mol. The average molecular weight is 316 g/mol. The van der Waals surface area contributed by atoms with Crippen LogP contribution in [0.1, 0.15) is 24.8 Å². The lowest BCUT2D eigenvalue weighted by atomic mass is 10.0. The van der Waals surface area contributed by atoms with E-state index in [9.17, 15) is 0 Å². The van der Waals surface area contributed by atoms with Gasteiger partial charge in [0.2, 0.25) is 0 Å². The van der Waals surface area contributed by atoms with Gasteiger partial charge in [-0.15, -0.1) is 11.8 Å². The van der Waals surface area contributed by atoms with Gasteiger partial charge in [-0.3, -0.25) is 4.90 Å². The zero-order valence-electron chi connectivity index (χ0n) is 13.2. The van der Waals surface area contributed by atoms with Crippen LogP contribution < -0.4 is 0 Å². The van der Waals surface area contributed by atoms with Gasteiger partial charge in [-0.2, -0.15) is 0 Å². The predicted octanol–water partition coefficient (Wildman–Crippen LogP) is 3.69. The third-order valence-electron chi connectivity index (χ3n) is 5.23. The Labute approximate surface area is 136 Å². The quantitative estimate of drug-likeness (QED) is 0.872. The van der Waals surface area contributed by atoms with Crippen LogP contribution in [0.25, 0.3) is 10.9 Å². The fourth-order valence-electron chi connectivity index (χ4n) is 4.05. The highest BCUT2D eigenvalue weighted by Gasteiger charge is 2.33. The summed E-state index contributed by atoms with van der Waals surface area (Å²) in [6, 6.07) is 8.08. The van der Waals surface area contributed by atoms with Crippen molar-refractivity contribution in [3.63, 3.8) is 0 Å². The molecule has 0 saturated carbocycles. The lowest BCUT2D eigenvalue weighted by Gasteiger charge is -2.29. The molecule has 1 N–H and O–H groups in total. The molecule has 0 spiro atoms. The largest absolute Gasteiger partial charge is 0.380 e. The van der Waals surface area contributed by atoms with Crippen molar-refractivity contribution in [2.75, 3.05) is 26.0 Å². The van der Waals surface area contributed by atoms with Crippen molar-refractivity contribution in [3.8, 4) is 0 Å². The van der Waals surface area contributed by atoms with Crippen molar-refractivity contribution in [3.05, 3.63) is 30.0 Å². The van der Waals surface area contributed by atoms with E-state index in [-0.39, 0.29) is 0 Å². The molecule has 3 nitrogen and oxygen atoms in total. The van der Waals surface area contributed by atoms with Crippen LogP contribution in [0.2, 0.25) is 0 Å². The zero-order chi connectivity index (χ0) is 14.9. The number of nitrogens with one attached hydrogen (secondary N) is 1. The van der Waals surface area contributed by atoms with E-state index < -0.39 is 0 Å². The van der Waals surface area contributed by atoms with Crippen LogP contribution in [0, 0.1) is 0 Å². The molecule has 0 aliphatic carbocycles. The first-order valence-electron chi connectivity index (χ1n) is 8.32. The number of likely N-dealkylation sites (tertiary alicyclic amines) is 1. The van der Waals surface area contributed by atoms with Gasteiger partial charge in [0.25, 0.3) is 0 Å². The van der Waals surface area contributed by atoms with E-state index in [1.807, 2.05) is 11.8 Å². The first-order chi connectivity index (χ1) is 10.8. The summed E-state index contributed by atoms with van der Waals surface area (Å²) in [6.07, 6.45) is 9.39. The Morgan fingerprint density at radius 3 is 3.14 bits per heavy atom. The molecule has 2 aliphatic heterocycles. The number of aromatic amines is 1. The summed E-state index contributed by atoms with van der Waals surface area (Å²) in [5.74, 6) is 0. The molecule has 2 atom stereocenters. The van der Waals surface area contributed by atoms with Crippen molar-refractivity contribution in [1.29, 1.82) is 0 Å². The first kappa shape index (κ1) is 14.6. The molecule has 4 rings (SSSR count). The second kappa shape index (κ2) is 6.26. The third kappa shape index (κ3) is 2.68. The molecular formula is C18H24N2OS. The Bertz CT molecular complexity index is 648. The Morgan fingerprint density at radius 2 is 2.32 bits per heavy atom. The molecule has 1 aromatic carbocycles. The lowest BCUT2D eigenvalue weighted by Crippen LogP contribution is -2.40. The molecule has 4 heteroatoms. The first-order valence-corrected chi connectivity index (χ1v) is 9.55. The lowest BCUT2D eigenvalue weighted by molar-refractivity contribution is 0.135. The maximum absolute atomic E-state index is 5.60. The number of hydrogen-bond donors (Lipinski definition) is 1. The molecule has 0 radical (unpaired) electrons. The molecule has 2 aliphatic rings. The summed E-state index contributed by atoms with van der Waals surface area (Å²) in [6.45, 7) is 3.12. The van der Waals surface area contributed by atoms with E-state index in [0.717, 1.165) is 19.6 Å². The summed E-state index contributed by atoms with van der Waals surface area (Å²) in [5.41, 5.74) is 2.74. The third-order valence-corrected chi connectivity index (χ3v) is 5.95. The minimum Gasteiger partial charge on any atom is -0.380 e.